The van der Waals surface area contributed by atoms with Gasteiger partial charge in [-0.25, -0.2) is 0 Å². The maximum absolute atomic E-state index is 4.53. The number of aryl methyl sites for hydroxylation is 1. The summed E-state index contributed by atoms with van der Waals surface area (Å²) in [7, 11) is 3.86. The van der Waals surface area contributed by atoms with E-state index in [0.717, 1.165) is 50.4 Å². The van der Waals surface area contributed by atoms with Gasteiger partial charge in [-0.15, -0.1) is 24.0 Å². The molecule has 2 aromatic rings. The molecule has 2 saturated heterocycles. The number of nitrogens with one attached hydrogen (secondary N) is 1. The molecule has 3 atom stereocenters. The van der Waals surface area contributed by atoms with Gasteiger partial charge in [0, 0.05) is 65.5 Å². The van der Waals surface area contributed by atoms with E-state index < -0.39 is 0 Å². The van der Waals surface area contributed by atoms with Crippen molar-refractivity contribution in [3.63, 3.8) is 0 Å². The van der Waals surface area contributed by atoms with E-state index in [1.54, 1.807) is 0 Å². The van der Waals surface area contributed by atoms with Crippen LogP contribution in [0.4, 0.5) is 0 Å². The summed E-state index contributed by atoms with van der Waals surface area (Å²) < 4.78 is 1.89. The number of hydrogen-bond donors (Lipinski definition) is 1. The van der Waals surface area contributed by atoms with Crippen molar-refractivity contribution in [1.82, 2.24) is 24.9 Å². The Bertz CT molecular complexity index is 867. The molecule has 2 fully saturated rings. The molecule has 1 aromatic carbocycles. The normalized spacial score (nSPS) is 24.4. The molecule has 0 radical (unpaired) electrons. The molecule has 32 heavy (non-hydrogen) atoms. The number of guanidine groups is 1. The van der Waals surface area contributed by atoms with E-state index in [2.05, 4.69) is 69.5 Å². The van der Waals surface area contributed by atoms with Crippen LogP contribution in [0.25, 0.3) is 0 Å². The Labute approximate surface area is 210 Å². The summed E-state index contributed by atoms with van der Waals surface area (Å²) in [5.74, 6) is 3.14. The molecule has 4 rings (SSSR count). The van der Waals surface area contributed by atoms with Crippen LogP contribution >= 0.6 is 24.0 Å². The van der Waals surface area contributed by atoms with Crippen molar-refractivity contribution < 1.29 is 0 Å². The number of rotatable bonds is 5. The van der Waals surface area contributed by atoms with Gasteiger partial charge in [-0.1, -0.05) is 38.1 Å². The van der Waals surface area contributed by atoms with Crippen LogP contribution < -0.4 is 5.32 Å². The molecule has 0 bridgehead atoms. The highest BCUT2D eigenvalue weighted by Crippen LogP contribution is 2.27. The van der Waals surface area contributed by atoms with Crippen LogP contribution in [0.2, 0.25) is 0 Å². The van der Waals surface area contributed by atoms with Gasteiger partial charge >= 0.3 is 0 Å². The minimum atomic E-state index is 0. The summed E-state index contributed by atoms with van der Waals surface area (Å²) >= 11 is 0. The Hall–Kier alpha value is -1.61. The second-order valence-electron chi connectivity index (χ2n) is 9.74. The fraction of sp³-hybridized carbons (Fsp3) is 0.600. The second kappa shape index (κ2) is 11.5. The van der Waals surface area contributed by atoms with Crippen molar-refractivity contribution >= 4 is 29.9 Å². The van der Waals surface area contributed by atoms with Crippen LogP contribution in [0, 0.1) is 11.8 Å². The molecule has 3 unspecified atom stereocenters. The van der Waals surface area contributed by atoms with Crippen LogP contribution in [-0.2, 0) is 20.1 Å². The maximum Gasteiger partial charge on any atom is 0.193 e. The third kappa shape index (κ3) is 6.47. The van der Waals surface area contributed by atoms with Crippen molar-refractivity contribution in [1.29, 1.82) is 0 Å². The Morgan fingerprint density at radius 2 is 1.78 bits per heavy atom. The van der Waals surface area contributed by atoms with Gasteiger partial charge in [0.25, 0.3) is 0 Å². The molecule has 0 saturated carbocycles. The zero-order valence-corrected chi connectivity index (χ0v) is 22.3. The lowest BCUT2D eigenvalue weighted by atomic mass is 9.91. The third-order valence-corrected chi connectivity index (χ3v) is 6.72. The van der Waals surface area contributed by atoms with Crippen molar-refractivity contribution in [2.75, 3.05) is 33.2 Å². The highest BCUT2D eigenvalue weighted by molar-refractivity contribution is 14.0. The Balaban J connectivity index is 0.00000289. The molecular formula is C25H39IN6. The summed E-state index contributed by atoms with van der Waals surface area (Å²) in [6, 6.07) is 9.10. The first-order chi connectivity index (χ1) is 15.0. The average molecular weight is 551 g/mol. The third-order valence-electron chi connectivity index (χ3n) is 6.72. The molecule has 0 spiro atoms. The van der Waals surface area contributed by atoms with Crippen LogP contribution in [0.5, 0.6) is 0 Å². The van der Waals surface area contributed by atoms with Crippen LogP contribution in [0.1, 0.15) is 49.3 Å². The molecule has 1 aromatic heterocycles. The zero-order chi connectivity index (χ0) is 21.8. The lowest BCUT2D eigenvalue weighted by Gasteiger charge is -2.35. The van der Waals surface area contributed by atoms with E-state index in [-0.39, 0.29) is 24.0 Å². The molecule has 2 aliphatic heterocycles. The number of likely N-dealkylation sites (tertiary alicyclic amines) is 2. The van der Waals surface area contributed by atoms with Gasteiger partial charge in [-0.2, -0.15) is 5.10 Å². The highest BCUT2D eigenvalue weighted by atomic mass is 127. The van der Waals surface area contributed by atoms with Crippen LogP contribution in [-0.4, -0.2) is 58.8 Å². The topological polar surface area (TPSA) is 48.7 Å². The molecule has 3 heterocycles. The zero-order valence-electron chi connectivity index (χ0n) is 20.0. The Morgan fingerprint density at radius 3 is 2.41 bits per heavy atom. The summed E-state index contributed by atoms with van der Waals surface area (Å²) in [4.78, 5) is 9.51. The summed E-state index contributed by atoms with van der Waals surface area (Å²) in [6.45, 7) is 11.1. The van der Waals surface area contributed by atoms with Crippen molar-refractivity contribution in [3.8, 4) is 0 Å². The first-order valence-electron chi connectivity index (χ1n) is 11.7. The summed E-state index contributed by atoms with van der Waals surface area (Å²) in [5, 5.41) is 7.89. The number of halogens is 1. The van der Waals surface area contributed by atoms with E-state index >= 15 is 0 Å². The molecule has 176 valence electrons. The first-order valence-corrected chi connectivity index (χ1v) is 11.7. The number of benzene rings is 1. The fourth-order valence-corrected chi connectivity index (χ4v) is 5.33. The largest absolute Gasteiger partial charge is 0.352 e. The standard InChI is InChI=1S/C25H38N6.HI/c1-19-11-20(2)15-30(14-19)16-22-7-5-21(6-8-22)12-27-25(26-3)31-10-9-23(18-31)24-13-28-29(4)17-24;/h5-8,13,17,19-20,23H,9-12,14-16,18H2,1-4H3,(H,26,27);1H. The predicted octanol–water partition coefficient (Wildman–Crippen LogP) is 4.08. The summed E-state index contributed by atoms with van der Waals surface area (Å²) in [5.41, 5.74) is 4.04. The average Bonchev–Trinajstić information content (AvgIpc) is 3.38. The molecular weight excluding hydrogens is 511 g/mol. The monoisotopic (exact) mass is 550 g/mol. The van der Waals surface area contributed by atoms with Crippen LogP contribution in [0.3, 0.4) is 0 Å². The van der Waals surface area contributed by atoms with Crippen molar-refractivity contribution in [2.45, 2.75) is 45.7 Å². The number of hydrogen-bond acceptors (Lipinski definition) is 3. The Kier molecular flexibility index (Phi) is 8.99. The van der Waals surface area contributed by atoms with Gasteiger partial charge in [0.1, 0.15) is 0 Å². The lowest BCUT2D eigenvalue weighted by Crippen LogP contribution is -2.39. The molecule has 0 amide bonds. The number of nitrogens with zero attached hydrogens (tertiary/aromatic N) is 5. The maximum atomic E-state index is 4.53. The van der Waals surface area contributed by atoms with E-state index in [4.69, 9.17) is 0 Å². The van der Waals surface area contributed by atoms with Crippen molar-refractivity contribution in [2.24, 2.45) is 23.9 Å². The van der Waals surface area contributed by atoms with Gasteiger partial charge in [-0.3, -0.25) is 14.6 Å². The SMILES string of the molecule is CN=C(NCc1ccc(CN2CC(C)CC(C)C2)cc1)N1CCC(c2cnn(C)c2)C1.I. The molecule has 7 heteroatoms. The predicted molar refractivity (Wildman–Crippen MR) is 142 cm³/mol. The fourth-order valence-electron chi connectivity index (χ4n) is 5.33. The lowest BCUT2D eigenvalue weighted by molar-refractivity contribution is 0.134. The van der Waals surface area contributed by atoms with Gasteiger partial charge in [0.15, 0.2) is 5.96 Å². The summed E-state index contributed by atoms with van der Waals surface area (Å²) in [6.07, 6.45) is 6.64. The molecule has 2 aliphatic rings. The Morgan fingerprint density at radius 1 is 1.09 bits per heavy atom. The molecule has 6 nitrogen and oxygen atoms in total. The second-order valence-corrected chi connectivity index (χ2v) is 9.74. The number of aliphatic imine (C=N–C) groups is 1. The minimum Gasteiger partial charge on any atom is -0.352 e. The molecule has 1 N–H and O–H groups in total. The smallest absolute Gasteiger partial charge is 0.193 e. The van der Waals surface area contributed by atoms with Crippen LogP contribution in [0.15, 0.2) is 41.7 Å². The van der Waals surface area contributed by atoms with Gasteiger partial charge in [0.2, 0.25) is 0 Å². The van der Waals surface area contributed by atoms with Crippen molar-refractivity contribution in [3.05, 3.63) is 53.3 Å². The number of piperidine rings is 1. The number of aromatic nitrogens is 2. The van der Waals surface area contributed by atoms with Gasteiger partial charge in [0.05, 0.1) is 6.20 Å². The quantitative estimate of drug-likeness (QED) is 0.347. The van der Waals surface area contributed by atoms with Gasteiger partial charge in [-0.05, 0) is 41.4 Å². The van der Waals surface area contributed by atoms with E-state index in [1.165, 1.54) is 36.2 Å². The first kappa shape index (κ1) is 25.0. The van der Waals surface area contributed by atoms with Gasteiger partial charge < -0.3 is 10.2 Å². The van der Waals surface area contributed by atoms with E-state index in [9.17, 15) is 0 Å². The van der Waals surface area contributed by atoms with E-state index in [0.29, 0.717) is 5.92 Å². The minimum absolute atomic E-state index is 0. The molecule has 0 aliphatic carbocycles. The highest BCUT2D eigenvalue weighted by Gasteiger charge is 2.27. The van der Waals surface area contributed by atoms with E-state index in [1.807, 2.05) is 25.0 Å².